The number of ketones is 1. The molecule has 4 saturated heterocycles. The number of carbonyl (C=O) groups is 7. The maximum absolute atomic E-state index is 15.0. The van der Waals surface area contributed by atoms with Crippen LogP contribution in [0.15, 0.2) is 84.6 Å². The number of fused-ring (bicyclic) bond motifs is 14. The number of anilines is 3. The zero-order valence-electron chi connectivity index (χ0n) is 73.4. The number of aliphatic hydroxyl groups is 5. The van der Waals surface area contributed by atoms with Crippen molar-refractivity contribution in [3.63, 3.8) is 0 Å². The lowest BCUT2D eigenvalue weighted by Crippen LogP contribution is -2.71. The molecule has 3 amide bonds. The number of aromatic nitrogens is 4. The summed E-state index contributed by atoms with van der Waals surface area (Å²) in [6.45, 7) is 21.5. The molecule has 16 N–H and O–H groups in total. The van der Waals surface area contributed by atoms with E-state index in [1.807, 2.05) is 18.9 Å². The number of phenolic OH excluding ortho intramolecular Hbond substituents is 3. The number of H-pyrrole nitrogens is 1. The fourth-order valence-electron chi connectivity index (χ4n) is 16.0. The van der Waals surface area contributed by atoms with E-state index in [0.717, 1.165) is 47.2 Å². The number of nitrogens with one attached hydrogen (secondary N) is 3. The zero-order valence-corrected chi connectivity index (χ0v) is 75.0. The minimum Gasteiger partial charge on any atom is -0.507 e. The number of carboxylic acid groups (broad SMARTS) is 2. The first-order valence-corrected chi connectivity index (χ1v) is 43.6. The molecule has 708 valence electrons. The summed E-state index contributed by atoms with van der Waals surface area (Å²) in [6.07, 6.45) is 6.54. The van der Waals surface area contributed by atoms with Gasteiger partial charge in [0.25, 0.3) is 29.1 Å². The van der Waals surface area contributed by atoms with E-state index in [-0.39, 0.29) is 89.1 Å². The van der Waals surface area contributed by atoms with Crippen LogP contribution < -0.4 is 42.7 Å². The molecule has 0 radical (unpaired) electrons. The number of aliphatic hydroxyl groups excluding tert-OH is 5. The van der Waals surface area contributed by atoms with Gasteiger partial charge in [0.05, 0.1) is 95.2 Å². The topological polar surface area (TPSA) is 609 Å². The third kappa shape index (κ3) is 21.3. The molecule has 1 unspecified atom stereocenters. The van der Waals surface area contributed by atoms with Gasteiger partial charge in [-0.25, -0.2) is 28.1 Å². The second-order valence-corrected chi connectivity index (χ2v) is 35.5. The number of hydrazone groups is 1. The first-order valence-electron chi connectivity index (χ1n) is 41.3. The minimum atomic E-state index is -4.76. The molecule has 5 bridgehead atoms. The Morgan fingerprint density at radius 2 is 1.53 bits per heavy atom. The largest absolute Gasteiger partial charge is 0.507 e. The van der Waals surface area contributed by atoms with E-state index < -0.39 is 200 Å². The van der Waals surface area contributed by atoms with Crippen LogP contribution >= 0.6 is 11.3 Å². The number of nitrogen functional groups attached to an aromatic ring is 1. The average molecular weight is 1860 g/mol. The highest BCUT2D eigenvalue weighted by Crippen LogP contribution is 2.55. The van der Waals surface area contributed by atoms with Crippen LogP contribution in [0.3, 0.4) is 0 Å². The van der Waals surface area contributed by atoms with Crippen LogP contribution in [0.25, 0.3) is 21.7 Å². The van der Waals surface area contributed by atoms with Crippen molar-refractivity contribution >= 4 is 113 Å². The van der Waals surface area contributed by atoms with Crippen LogP contribution in [-0.2, 0) is 64.5 Å². The highest BCUT2D eigenvalue weighted by molar-refractivity contribution is 7.84. The molecule has 3 aromatic heterocycles. The van der Waals surface area contributed by atoms with Gasteiger partial charge in [-0.3, -0.25) is 52.7 Å². The first-order chi connectivity index (χ1) is 60.9. The van der Waals surface area contributed by atoms with Crippen LogP contribution in [0, 0.1) is 42.2 Å². The molecule has 11 heterocycles. The number of β-lactam (4-membered cyclic amide) rings is 1. The van der Waals surface area contributed by atoms with Crippen molar-refractivity contribution in [2.24, 2.45) is 33.9 Å². The minimum absolute atomic E-state index is 0.0326. The molecular formula is C84H107F2N13O29S2. The van der Waals surface area contributed by atoms with Gasteiger partial charge in [-0.2, -0.15) is 17.9 Å². The smallest absolute Gasteiger partial charge is 0.362 e. The van der Waals surface area contributed by atoms with Gasteiger partial charge in [0, 0.05) is 135 Å². The van der Waals surface area contributed by atoms with Gasteiger partial charge in [-0.05, 0) is 86.4 Å². The summed E-state index contributed by atoms with van der Waals surface area (Å²) in [5.41, 5.74) is 1.90. The second-order valence-electron chi connectivity index (χ2n) is 33.4. The van der Waals surface area contributed by atoms with Gasteiger partial charge in [-0.15, -0.1) is 11.3 Å². The lowest BCUT2D eigenvalue weighted by atomic mass is 9.78. The fraction of sp³-hybridized carbons (Fsp3) is 0.512. The SMILES string of the molecule is CC1CCc2c(N3CCC(O)CC3)c(F)cc3c(=O)c(C(=O)O)cn1c23.CO[C@H]1/C=C/O[C@@]2(C)Oc3c(C)c(O)c4c(O)c(c(/C=N/N5CCN(C)CC5)c(O)c4c3C2=O)NC(=O)/C(C)=C\C=C\[C@H](C)[C@H](O)[C@@H](C)[C@@H](O)[C@@H](C)[C@H](OC(C)=O)[C@@H]1C.C[C@H]1[C@H](NC(=O)/C(=N\OC(C)(C)C(=O)O)c2csc(N)n2)C(=O)N1S(=O)(=O)O.O=c1[nH]c(=O)n([C@H]2C[C@H](O)[C@@H](CO)O2)cc1F. The predicted octanol–water partition coefficient (Wildman–Crippen LogP) is 3.79. The Labute approximate surface area is 746 Å². The number of amides is 3. The summed E-state index contributed by atoms with van der Waals surface area (Å²) in [7, 11) is -1.34. The molecule has 0 saturated carbocycles. The number of rotatable bonds is 15. The number of Topliss-reactive ketones (excluding diaryl/α,β-unsaturated/α-hetero) is 1. The van der Waals surface area contributed by atoms with Crippen LogP contribution in [-0.4, -0.2) is 277 Å². The van der Waals surface area contributed by atoms with Crippen molar-refractivity contribution in [3.05, 3.63) is 136 Å². The average Bonchev–Trinajstić information content (AvgIpc) is 1.54. The summed E-state index contributed by atoms with van der Waals surface area (Å²) in [4.78, 5) is 137. The van der Waals surface area contributed by atoms with Crippen molar-refractivity contribution in [2.45, 2.75) is 194 Å². The molecule has 6 aromatic rings. The van der Waals surface area contributed by atoms with Gasteiger partial charge in [-0.1, -0.05) is 51.1 Å². The number of esters is 1. The molecule has 3 aromatic carbocycles. The third-order valence-electron chi connectivity index (χ3n) is 23.9. The number of hydrogen-bond acceptors (Lipinski definition) is 34. The number of likely N-dealkylation sites (N-methyl/N-ethyl adjacent to an activating group) is 1. The lowest BCUT2D eigenvalue weighted by Gasteiger charge is -2.42. The number of aliphatic carboxylic acids is 1. The molecule has 8 aliphatic heterocycles. The summed E-state index contributed by atoms with van der Waals surface area (Å²) < 4.78 is 90.9. The number of nitrogens with two attached hydrogens (primary N) is 1. The van der Waals surface area contributed by atoms with Crippen LogP contribution in [0.5, 0.6) is 23.0 Å². The predicted molar refractivity (Wildman–Crippen MR) is 465 cm³/mol. The standard InChI is InChI=1S/C43H58N4O12.C19H21FN2O4.C13H17N5O8S2.C9H11FN2O5/c1-21-12-11-13-22(2)42(55)45-33-28(20-44-47-17-15-46(9)16-18-47)37(52)30-31(38(33)53)36(51)26(6)40-32(30)41(54)43(8,59-40)57-19-14-29(56-10)23(3)39(58-27(7)48)25(5)35(50)24(4)34(21)49;1-10-2-3-12-16-13(18(24)14(19(25)26)9-22(10)16)8-15(20)17(12)21-6-4-11(23)5-7-21;1-5-7(10(20)18(5)28(23,24)25)16-9(19)8(6-4-27-12(14)15-6)17-26-13(2,3)11(21)22;10-4-2-12(9(16)11-8(4)15)7-1-5(14)6(3-13)17-7/h11-14,19-21,23-25,29,34-35,39,49-53H,15-18H2,1-10H3,(H,45,55);8-11,23H,2-7H2,1H3,(H,25,26);4-5,7H,1-3H3,(H2,14,15)(H,16,19)(H,21,22)(H,23,24,25);2,5-7,13-14H,1,3H2,(H,11,15,16)/b12-11+,19-14+,22-13-,44-20+;;17-8-;/t21-,23+,24+,25+,29-,34-,35+,39+,43-;;5-,7-;5-,6+,7+/m0.00/s1. The van der Waals surface area contributed by atoms with E-state index >= 15 is 4.39 Å². The zero-order chi connectivity index (χ0) is 96.3. The highest BCUT2D eigenvalue weighted by Gasteiger charge is 2.53. The number of aromatic carboxylic acids is 1. The van der Waals surface area contributed by atoms with E-state index in [2.05, 4.69) is 30.8 Å². The molecule has 8 aliphatic rings. The summed E-state index contributed by atoms with van der Waals surface area (Å²) in [5.74, 6) is -14.6. The van der Waals surface area contributed by atoms with Gasteiger partial charge < -0.3 is 110 Å². The normalized spacial score (nSPS) is 26.8. The fourth-order valence-corrected chi connectivity index (χ4v) is 17.4. The number of carboxylic acids is 2. The number of benzene rings is 3. The quantitative estimate of drug-likeness (QED) is 0.0132. The number of pyridine rings is 1. The summed E-state index contributed by atoms with van der Waals surface area (Å²) in [6, 6.07) is -1.10. The number of piperazine rings is 1. The Hall–Kier alpha value is -11.9. The van der Waals surface area contributed by atoms with E-state index in [0.29, 0.717) is 56.6 Å². The molecule has 15 atom stereocenters. The lowest BCUT2D eigenvalue weighted by molar-refractivity contribution is -0.161. The number of hydrogen-bond donors (Lipinski definition) is 15. The van der Waals surface area contributed by atoms with Gasteiger partial charge in [0.15, 0.2) is 16.6 Å². The maximum Gasteiger partial charge on any atom is 0.362 e. The number of piperidine rings is 1. The number of aromatic hydroxyl groups is 3. The Bertz CT molecular complexity index is 5840. The maximum atomic E-state index is 15.0. The Balaban J connectivity index is 0.000000203. The Kier molecular flexibility index (Phi) is 31.4. The Morgan fingerprint density at radius 1 is 0.869 bits per heavy atom. The number of allylic oxidation sites excluding steroid dienone is 2. The molecule has 4 fully saturated rings. The molecular weight excluding hydrogens is 1760 g/mol. The van der Waals surface area contributed by atoms with Crippen LogP contribution in [0.2, 0.25) is 0 Å². The summed E-state index contributed by atoms with van der Waals surface area (Å²) in [5, 5.41) is 121. The Morgan fingerprint density at radius 3 is 2.12 bits per heavy atom. The van der Waals surface area contributed by atoms with Crippen molar-refractivity contribution < 1.29 is 135 Å². The van der Waals surface area contributed by atoms with E-state index in [1.165, 1.54) is 97.8 Å². The number of aromatic amines is 1. The van der Waals surface area contributed by atoms with Crippen LogP contribution in [0.4, 0.5) is 25.3 Å². The molecule has 42 nitrogen and oxygen atoms in total. The van der Waals surface area contributed by atoms with E-state index in [4.69, 9.17) is 49.0 Å². The number of ether oxygens (including phenoxy) is 5. The number of phenols is 3. The van der Waals surface area contributed by atoms with E-state index in [1.54, 1.807) is 54.4 Å². The number of aryl methyl sites for hydroxylation is 1. The number of thiazole rings is 1. The van der Waals surface area contributed by atoms with Gasteiger partial charge in [0.1, 0.15) is 58.8 Å². The highest BCUT2D eigenvalue weighted by atomic mass is 32.2. The first kappa shape index (κ1) is 100. The molecule has 130 heavy (non-hydrogen) atoms. The number of carbonyl (C=O) groups excluding carboxylic acids is 5. The van der Waals surface area contributed by atoms with Crippen molar-refractivity contribution in [2.75, 3.05) is 76.0 Å². The van der Waals surface area contributed by atoms with E-state index in [9.17, 15) is 102 Å². The number of methoxy groups -OCH3 is 1. The number of oxime groups is 1. The number of nitrogens with zero attached hydrogens (tertiary/aromatic N) is 9. The number of halogens is 2. The molecule has 46 heteroatoms. The molecule has 0 spiro atoms. The molecule has 14 rings (SSSR count). The van der Waals surface area contributed by atoms with Gasteiger partial charge >= 0.3 is 39.7 Å². The van der Waals surface area contributed by atoms with Gasteiger partial charge in [0.2, 0.25) is 16.8 Å². The van der Waals surface area contributed by atoms with Crippen molar-refractivity contribution in [1.82, 2.24) is 38.6 Å². The monoisotopic (exact) mass is 1860 g/mol. The van der Waals surface area contributed by atoms with Crippen LogP contribution in [0.1, 0.15) is 157 Å². The molecule has 0 aliphatic carbocycles. The van der Waals surface area contributed by atoms with Crippen molar-refractivity contribution in [3.8, 4) is 23.0 Å². The third-order valence-corrected chi connectivity index (χ3v) is 25.5. The van der Waals surface area contributed by atoms with Crippen molar-refractivity contribution in [1.29, 1.82) is 0 Å². The summed E-state index contributed by atoms with van der Waals surface area (Å²) >= 11 is 0.980. The second kappa shape index (κ2) is 40.7.